The molecule has 0 nitrogen and oxygen atoms in total. The van der Waals surface area contributed by atoms with Gasteiger partial charge in [-0.2, -0.15) is 0 Å². The monoisotopic (exact) mass is 132 g/mol. The second-order valence-corrected chi connectivity index (χ2v) is 1.92. The minimum Gasteiger partial charge on any atom is -0.0776 e. The van der Waals surface area contributed by atoms with E-state index in [1.807, 2.05) is 13.8 Å². The first-order chi connectivity index (χ1) is 3.81. The molecule has 0 rings (SSSR count). The smallest absolute Gasteiger partial charge is 0.0448 e. The summed E-state index contributed by atoms with van der Waals surface area (Å²) in [5.74, 6) is 0.935. The Morgan fingerprint density at radius 1 is 1.00 bits per heavy atom. The van der Waals surface area contributed by atoms with Crippen molar-refractivity contribution in [2.75, 3.05) is 0 Å². The fraction of sp³-hybridized carbons (Fsp3) is 1.00. The van der Waals surface area contributed by atoms with Crippen LogP contribution < -0.4 is 0 Å². The highest BCUT2D eigenvalue weighted by Crippen LogP contribution is 2.02. The molecule has 0 bridgehead atoms. The number of hydrogen-bond acceptors (Lipinski definition) is 0. The Morgan fingerprint density at radius 3 is 1.22 bits per heavy atom. The van der Waals surface area contributed by atoms with Gasteiger partial charge in [0.1, 0.15) is 0 Å². The molecule has 0 aliphatic rings. The average molecular weight is 132 g/mol. The average Bonchev–Trinajstić information content (AvgIpc) is 1.91. The lowest BCUT2D eigenvalue weighted by Gasteiger charge is -1.98. The highest BCUT2D eigenvalue weighted by molar-refractivity contribution is 4.41. The van der Waals surface area contributed by atoms with E-state index in [2.05, 4.69) is 20.8 Å². The number of hydrogen-bond donors (Lipinski definition) is 0. The van der Waals surface area contributed by atoms with Crippen molar-refractivity contribution in [1.82, 2.24) is 0 Å². The SMILES string of the molecule is C.CC.CCC(C)CC. The molecule has 0 aliphatic heterocycles. The third-order valence-corrected chi connectivity index (χ3v) is 1.39. The normalized spacial score (nSPS) is 7.33. The van der Waals surface area contributed by atoms with Gasteiger partial charge in [-0.15, -0.1) is 0 Å². The molecular formula is C9H24. The summed E-state index contributed by atoms with van der Waals surface area (Å²) in [6, 6.07) is 0. The lowest BCUT2D eigenvalue weighted by Crippen LogP contribution is -1.85. The molecule has 0 aromatic carbocycles. The van der Waals surface area contributed by atoms with Gasteiger partial charge in [0, 0.05) is 0 Å². The van der Waals surface area contributed by atoms with Crippen LogP contribution in [0.4, 0.5) is 0 Å². The van der Waals surface area contributed by atoms with Crippen molar-refractivity contribution in [1.29, 1.82) is 0 Å². The molecule has 9 heavy (non-hydrogen) atoms. The summed E-state index contributed by atoms with van der Waals surface area (Å²) in [4.78, 5) is 0. The number of rotatable bonds is 2. The van der Waals surface area contributed by atoms with Gasteiger partial charge in [-0.3, -0.25) is 0 Å². The van der Waals surface area contributed by atoms with Crippen LogP contribution in [0, 0.1) is 5.92 Å². The zero-order valence-electron chi connectivity index (χ0n) is 6.99. The molecule has 0 atom stereocenters. The van der Waals surface area contributed by atoms with Crippen molar-refractivity contribution >= 4 is 0 Å². The summed E-state index contributed by atoms with van der Waals surface area (Å²) in [7, 11) is 0. The maximum absolute atomic E-state index is 2.28. The Labute approximate surface area is 61.7 Å². The molecule has 0 saturated heterocycles. The van der Waals surface area contributed by atoms with Crippen molar-refractivity contribution in [2.24, 2.45) is 5.92 Å². The molecule has 0 spiro atoms. The fourth-order valence-electron chi connectivity index (χ4n) is 0.289. The molecule has 0 aromatic rings. The fourth-order valence-corrected chi connectivity index (χ4v) is 0.289. The van der Waals surface area contributed by atoms with Crippen LogP contribution in [0.2, 0.25) is 0 Å². The Bertz CT molecular complexity index is 19.2. The van der Waals surface area contributed by atoms with E-state index in [0.29, 0.717) is 0 Å². The Kier molecular flexibility index (Phi) is 27.9. The predicted molar refractivity (Wildman–Crippen MR) is 47.8 cm³/mol. The highest BCUT2D eigenvalue weighted by Gasteiger charge is 1.88. The van der Waals surface area contributed by atoms with E-state index < -0.39 is 0 Å². The molecule has 0 aromatic heterocycles. The molecule has 0 radical (unpaired) electrons. The standard InChI is InChI=1S/C6H14.C2H6.CH4/c1-4-6(3)5-2;1-2;/h6H,4-5H2,1-3H3;1-2H3;1H4. The van der Waals surface area contributed by atoms with Crippen LogP contribution in [0.1, 0.15) is 54.9 Å². The van der Waals surface area contributed by atoms with Gasteiger partial charge in [0.2, 0.25) is 0 Å². The molecule has 60 valence electrons. The van der Waals surface area contributed by atoms with E-state index in [4.69, 9.17) is 0 Å². The van der Waals surface area contributed by atoms with Gasteiger partial charge < -0.3 is 0 Å². The molecule has 0 unspecified atom stereocenters. The van der Waals surface area contributed by atoms with E-state index in [1.165, 1.54) is 12.8 Å². The first kappa shape index (κ1) is 16.0. The Morgan fingerprint density at radius 2 is 1.22 bits per heavy atom. The minimum atomic E-state index is 0. The molecule has 0 N–H and O–H groups in total. The summed E-state index contributed by atoms with van der Waals surface area (Å²) in [6.07, 6.45) is 2.66. The van der Waals surface area contributed by atoms with Gasteiger partial charge in [0.25, 0.3) is 0 Å². The van der Waals surface area contributed by atoms with Crippen LogP contribution in [-0.2, 0) is 0 Å². The maximum atomic E-state index is 2.28. The van der Waals surface area contributed by atoms with Crippen LogP contribution in [0.3, 0.4) is 0 Å². The predicted octanol–water partition coefficient (Wildman–Crippen LogP) is 4.10. The van der Waals surface area contributed by atoms with Crippen molar-refractivity contribution in [3.63, 3.8) is 0 Å². The van der Waals surface area contributed by atoms with E-state index in [9.17, 15) is 0 Å². The van der Waals surface area contributed by atoms with Gasteiger partial charge in [-0.1, -0.05) is 54.9 Å². The third-order valence-electron chi connectivity index (χ3n) is 1.39. The summed E-state index contributed by atoms with van der Waals surface area (Å²) in [5, 5.41) is 0. The van der Waals surface area contributed by atoms with Gasteiger partial charge in [-0.25, -0.2) is 0 Å². The molecule has 0 amide bonds. The van der Waals surface area contributed by atoms with Crippen LogP contribution in [0.5, 0.6) is 0 Å². The quantitative estimate of drug-likeness (QED) is 0.530. The second-order valence-electron chi connectivity index (χ2n) is 1.92. The largest absolute Gasteiger partial charge is 0.0776 e. The van der Waals surface area contributed by atoms with Crippen LogP contribution in [-0.4, -0.2) is 0 Å². The maximum Gasteiger partial charge on any atom is -0.0448 e. The molecule has 0 fully saturated rings. The Hall–Kier alpha value is 0. The van der Waals surface area contributed by atoms with Crippen molar-refractivity contribution in [3.05, 3.63) is 0 Å². The molecule has 0 saturated carbocycles. The highest BCUT2D eigenvalue weighted by atomic mass is 13.9. The zero-order chi connectivity index (χ0) is 6.99. The van der Waals surface area contributed by atoms with Crippen molar-refractivity contribution < 1.29 is 0 Å². The molecular weight excluding hydrogens is 108 g/mol. The summed E-state index contributed by atoms with van der Waals surface area (Å²) >= 11 is 0. The summed E-state index contributed by atoms with van der Waals surface area (Å²) < 4.78 is 0. The topological polar surface area (TPSA) is 0 Å². The summed E-state index contributed by atoms with van der Waals surface area (Å²) in [5.41, 5.74) is 0. The van der Waals surface area contributed by atoms with Gasteiger partial charge in [-0.05, 0) is 5.92 Å². The first-order valence-electron chi connectivity index (χ1n) is 3.81. The molecule has 0 heterocycles. The van der Waals surface area contributed by atoms with E-state index in [0.717, 1.165) is 5.92 Å². The van der Waals surface area contributed by atoms with Crippen LogP contribution >= 0.6 is 0 Å². The molecule has 0 heteroatoms. The lowest BCUT2D eigenvalue weighted by molar-refractivity contribution is 0.544. The molecule has 0 aliphatic carbocycles. The lowest BCUT2D eigenvalue weighted by atomic mass is 10.1. The van der Waals surface area contributed by atoms with E-state index in [1.54, 1.807) is 0 Å². The van der Waals surface area contributed by atoms with Gasteiger partial charge in [0.05, 0.1) is 0 Å². The van der Waals surface area contributed by atoms with Crippen LogP contribution in [0.15, 0.2) is 0 Å². The Balaban J connectivity index is -0.000000109. The minimum absolute atomic E-state index is 0. The first-order valence-corrected chi connectivity index (χ1v) is 3.81. The van der Waals surface area contributed by atoms with E-state index in [-0.39, 0.29) is 7.43 Å². The third kappa shape index (κ3) is 18.0. The van der Waals surface area contributed by atoms with Gasteiger partial charge in [0.15, 0.2) is 0 Å². The van der Waals surface area contributed by atoms with Crippen molar-refractivity contribution in [2.45, 2.75) is 54.9 Å². The van der Waals surface area contributed by atoms with Gasteiger partial charge >= 0.3 is 0 Å². The van der Waals surface area contributed by atoms with E-state index >= 15 is 0 Å². The summed E-state index contributed by atoms with van der Waals surface area (Å²) in [6.45, 7) is 10.7. The second kappa shape index (κ2) is 15.7. The van der Waals surface area contributed by atoms with Crippen LogP contribution in [0.25, 0.3) is 0 Å². The zero-order valence-corrected chi connectivity index (χ0v) is 6.99. The van der Waals surface area contributed by atoms with Crippen molar-refractivity contribution in [3.8, 4) is 0 Å².